The molecule has 0 saturated carbocycles. The Balaban J connectivity index is 1.29. The van der Waals surface area contributed by atoms with Crippen LogP contribution < -0.4 is 10.1 Å². The molecule has 2 aromatic heterocycles. The number of hydrogen-bond acceptors (Lipinski definition) is 7. The van der Waals surface area contributed by atoms with Crippen LogP contribution in [0.2, 0.25) is 0 Å². The van der Waals surface area contributed by atoms with E-state index in [1.54, 1.807) is 22.7 Å². The Labute approximate surface area is 225 Å². The molecule has 1 N–H and O–H groups in total. The van der Waals surface area contributed by atoms with Crippen molar-refractivity contribution in [3.8, 4) is 16.9 Å². The lowest BCUT2D eigenvalue weighted by molar-refractivity contribution is -0.117. The monoisotopic (exact) mass is 544 g/mol. The first-order chi connectivity index (χ1) is 18.7. The predicted octanol–water partition coefficient (Wildman–Crippen LogP) is 5.05. The summed E-state index contributed by atoms with van der Waals surface area (Å²) in [5, 5.41) is 7.58. The van der Waals surface area contributed by atoms with E-state index in [1.165, 1.54) is 31.4 Å². The van der Waals surface area contributed by atoms with Gasteiger partial charge >= 0.3 is 0 Å². The van der Waals surface area contributed by atoms with Crippen LogP contribution in [-0.4, -0.2) is 42.2 Å². The zero-order chi connectivity index (χ0) is 27.6. The van der Waals surface area contributed by atoms with Gasteiger partial charge in [-0.05, 0) is 53.1 Å². The Kier molecular flexibility index (Phi) is 7.12. The van der Waals surface area contributed by atoms with E-state index in [4.69, 9.17) is 4.74 Å². The Morgan fingerprint density at radius 2 is 1.56 bits per heavy atom. The van der Waals surface area contributed by atoms with E-state index in [0.717, 1.165) is 28.5 Å². The Hall–Kier alpha value is -4.57. The number of rotatable bonds is 9. The molecule has 39 heavy (non-hydrogen) atoms. The highest BCUT2D eigenvalue weighted by Crippen LogP contribution is 2.30. The number of methoxy groups -OCH3 is 1. The van der Waals surface area contributed by atoms with E-state index in [1.807, 2.05) is 42.6 Å². The number of Topliss-reactive ketones (excluding diaryl/α,β-unsaturated/α-hetero) is 1. The summed E-state index contributed by atoms with van der Waals surface area (Å²) in [6.07, 6.45) is 3.55. The van der Waals surface area contributed by atoms with Gasteiger partial charge in [0.2, 0.25) is 5.95 Å². The van der Waals surface area contributed by atoms with Gasteiger partial charge in [-0.2, -0.15) is 4.98 Å². The SMILES string of the molecule is COc1cc(S(C)(=O)=O)ccc1Nc1nc2ccc(-c3ccc(CC(=O)Cc4ccc(F)cc4)cc3)cn2n1. The van der Waals surface area contributed by atoms with Crippen molar-refractivity contribution in [1.29, 1.82) is 0 Å². The zero-order valence-electron chi connectivity index (χ0n) is 21.3. The quantitative estimate of drug-likeness (QED) is 0.277. The van der Waals surface area contributed by atoms with E-state index < -0.39 is 9.84 Å². The summed E-state index contributed by atoms with van der Waals surface area (Å²) in [6.45, 7) is 0. The van der Waals surface area contributed by atoms with Crippen molar-refractivity contribution in [2.24, 2.45) is 0 Å². The number of benzene rings is 3. The molecule has 10 heteroatoms. The Morgan fingerprint density at radius 3 is 2.21 bits per heavy atom. The van der Waals surface area contributed by atoms with Gasteiger partial charge in [-0.1, -0.05) is 36.4 Å². The van der Waals surface area contributed by atoms with Gasteiger partial charge in [-0.3, -0.25) is 4.79 Å². The first-order valence-electron chi connectivity index (χ1n) is 12.0. The highest BCUT2D eigenvalue weighted by Gasteiger charge is 2.14. The van der Waals surface area contributed by atoms with E-state index in [0.29, 0.717) is 29.5 Å². The van der Waals surface area contributed by atoms with Crippen molar-refractivity contribution in [2.45, 2.75) is 17.7 Å². The van der Waals surface area contributed by atoms with E-state index in [2.05, 4.69) is 15.4 Å². The third-order valence-electron chi connectivity index (χ3n) is 6.18. The molecule has 0 atom stereocenters. The maximum atomic E-state index is 13.1. The van der Waals surface area contributed by atoms with Crippen LogP contribution in [0.5, 0.6) is 5.75 Å². The number of anilines is 2. The second-order valence-electron chi connectivity index (χ2n) is 9.13. The number of nitrogens with one attached hydrogen (secondary N) is 1. The molecule has 8 nitrogen and oxygen atoms in total. The summed E-state index contributed by atoms with van der Waals surface area (Å²) < 4.78 is 43.8. The van der Waals surface area contributed by atoms with E-state index >= 15 is 0 Å². The fraction of sp³-hybridized carbons (Fsp3) is 0.138. The van der Waals surface area contributed by atoms with Crippen LogP contribution in [-0.2, 0) is 27.5 Å². The summed E-state index contributed by atoms with van der Waals surface area (Å²) in [6, 6.07) is 22.0. The molecule has 198 valence electrons. The Bertz CT molecular complexity index is 1770. The molecule has 5 aromatic rings. The van der Waals surface area contributed by atoms with Gasteiger partial charge in [-0.15, -0.1) is 5.10 Å². The number of aromatic nitrogens is 3. The van der Waals surface area contributed by atoms with Gasteiger partial charge in [0.1, 0.15) is 17.3 Å². The maximum Gasteiger partial charge on any atom is 0.247 e. The van der Waals surface area contributed by atoms with Crippen molar-refractivity contribution in [3.05, 3.63) is 102 Å². The maximum absolute atomic E-state index is 13.1. The Morgan fingerprint density at radius 1 is 0.923 bits per heavy atom. The predicted molar refractivity (Wildman–Crippen MR) is 147 cm³/mol. The van der Waals surface area contributed by atoms with Crippen LogP contribution in [0.25, 0.3) is 16.8 Å². The zero-order valence-corrected chi connectivity index (χ0v) is 22.1. The molecular weight excluding hydrogens is 519 g/mol. The number of ether oxygens (including phenoxy) is 1. The first kappa shape index (κ1) is 26.1. The molecular formula is C29H25FN4O4S. The van der Waals surface area contributed by atoms with Crippen LogP contribution >= 0.6 is 0 Å². The summed E-state index contributed by atoms with van der Waals surface area (Å²) in [5.74, 6) is 0.419. The fourth-order valence-corrected chi connectivity index (χ4v) is 4.80. The van der Waals surface area contributed by atoms with Crippen LogP contribution in [0, 0.1) is 5.82 Å². The lowest BCUT2D eigenvalue weighted by Gasteiger charge is -2.10. The average Bonchev–Trinajstić information content (AvgIpc) is 3.31. The lowest BCUT2D eigenvalue weighted by Crippen LogP contribution is -2.06. The average molecular weight is 545 g/mol. The highest BCUT2D eigenvalue weighted by atomic mass is 32.2. The molecule has 0 aliphatic carbocycles. The van der Waals surface area contributed by atoms with Crippen molar-refractivity contribution in [1.82, 2.24) is 14.6 Å². The number of ketones is 1. The molecule has 0 radical (unpaired) electrons. The normalized spacial score (nSPS) is 11.5. The molecule has 0 spiro atoms. The molecule has 3 aromatic carbocycles. The molecule has 2 heterocycles. The molecule has 0 fully saturated rings. The topological polar surface area (TPSA) is 103 Å². The van der Waals surface area contributed by atoms with Gasteiger partial charge in [0.15, 0.2) is 15.5 Å². The number of carbonyl (C=O) groups is 1. The fourth-order valence-electron chi connectivity index (χ4n) is 4.17. The summed E-state index contributed by atoms with van der Waals surface area (Å²) in [7, 11) is -1.91. The summed E-state index contributed by atoms with van der Waals surface area (Å²) >= 11 is 0. The third-order valence-corrected chi connectivity index (χ3v) is 7.29. The number of carbonyl (C=O) groups excluding carboxylic acids is 1. The molecule has 0 aliphatic rings. The number of nitrogens with zero attached hydrogens (tertiary/aromatic N) is 3. The van der Waals surface area contributed by atoms with Crippen LogP contribution in [0.3, 0.4) is 0 Å². The van der Waals surface area contributed by atoms with Gasteiger partial charge in [0.25, 0.3) is 0 Å². The van der Waals surface area contributed by atoms with Gasteiger partial charge < -0.3 is 10.1 Å². The van der Waals surface area contributed by atoms with Crippen LogP contribution in [0.1, 0.15) is 11.1 Å². The molecule has 5 rings (SSSR count). The minimum absolute atomic E-state index is 0.0565. The van der Waals surface area contributed by atoms with E-state index in [9.17, 15) is 17.6 Å². The van der Waals surface area contributed by atoms with Crippen molar-refractivity contribution < 1.29 is 22.3 Å². The largest absolute Gasteiger partial charge is 0.495 e. The standard InChI is InChI=1S/C29H25FN4O4S/c1-38-27-17-25(39(2,36)37)12-13-26(27)31-29-32-28-14-9-22(18-34(28)33-29)21-7-3-19(4-8-21)15-24(35)16-20-5-10-23(30)11-6-20/h3-14,17-18H,15-16H2,1-2H3,(H,31,33). The summed E-state index contributed by atoms with van der Waals surface area (Å²) in [4.78, 5) is 17.1. The highest BCUT2D eigenvalue weighted by molar-refractivity contribution is 7.90. The van der Waals surface area contributed by atoms with E-state index in [-0.39, 0.29) is 22.9 Å². The van der Waals surface area contributed by atoms with Gasteiger partial charge in [0.05, 0.1) is 17.7 Å². The number of hydrogen-bond donors (Lipinski definition) is 1. The number of fused-ring (bicyclic) bond motifs is 1. The lowest BCUT2D eigenvalue weighted by atomic mass is 10.0. The minimum atomic E-state index is -3.37. The smallest absolute Gasteiger partial charge is 0.247 e. The minimum Gasteiger partial charge on any atom is -0.495 e. The molecule has 0 aliphatic heterocycles. The summed E-state index contributed by atoms with van der Waals surface area (Å²) in [5.41, 5.74) is 4.71. The molecule has 0 saturated heterocycles. The van der Waals surface area contributed by atoms with Crippen molar-refractivity contribution in [3.63, 3.8) is 0 Å². The second-order valence-corrected chi connectivity index (χ2v) is 11.1. The molecule has 0 unspecified atom stereocenters. The van der Waals surface area contributed by atoms with Gasteiger partial charge in [-0.25, -0.2) is 17.3 Å². The number of pyridine rings is 1. The second kappa shape index (κ2) is 10.7. The van der Waals surface area contributed by atoms with Crippen molar-refractivity contribution in [2.75, 3.05) is 18.7 Å². The third kappa shape index (κ3) is 6.12. The number of halogens is 1. The van der Waals surface area contributed by atoms with Crippen molar-refractivity contribution >= 4 is 32.9 Å². The van der Waals surface area contributed by atoms with Crippen LogP contribution in [0.15, 0.2) is 90.0 Å². The molecule has 0 bridgehead atoms. The van der Waals surface area contributed by atoms with Crippen LogP contribution in [0.4, 0.5) is 16.0 Å². The van der Waals surface area contributed by atoms with Gasteiger partial charge in [0, 0.05) is 36.9 Å². The first-order valence-corrected chi connectivity index (χ1v) is 13.9. The molecule has 0 amide bonds. The number of sulfone groups is 1.